The molecule has 0 bridgehead atoms. The first-order valence-corrected chi connectivity index (χ1v) is 9.40. The molecule has 24 heavy (non-hydrogen) atoms. The Morgan fingerprint density at radius 2 is 2.21 bits per heavy atom. The summed E-state index contributed by atoms with van der Waals surface area (Å²) < 4.78 is 0. The van der Waals surface area contributed by atoms with Crippen molar-refractivity contribution in [3.8, 4) is 0 Å². The van der Waals surface area contributed by atoms with Crippen molar-refractivity contribution in [3.05, 3.63) is 34.3 Å². The Hall–Kier alpha value is -1.04. The van der Waals surface area contributed by atoms with Crippen LogP contribution in [0.15, 0.2) is 18.2 Å². The molecule has 2 aliphatic rings. The van der Waals surface area contributed by atoms with E-state index in [1.807, 2.05) is 6.07 Å². The molecule has 130 valence electrons. The normalized spacial score (nSPS) is 27.1. The molecule has 0 aliphatic carbocycles. The fourth-order valence-electron chi connectivity index (χ4n) is 4.14. The molecule has 4 nitrogen and oxygen atoms in total. The first-order valence-electron chi connectivity index (χ1n) is 9.02. The van der Waals surface area contributed by atoms with E-state index in [0.29, 0.717) is 18.5 Å². The van der Waals surface area contributed by atoms with E-state index in [-0.39, 0.29) is 5.92 Å². The second kappa shape index (κ2) is 7.90. The maximum absolute atomic E-state index is 11.6. The molecule has 1 aromatic carbocycles. The van der Waals surface area contributed by atoms with Crippen LogP contribution < -0.4 is 5.32 Å². The van der Waals surface area contributed by atoms with Gasteiger partial charge in [0.2, 0.25) is 0 Å². The Morgan fingerprint density at radius 1 is 1.38 bits per heavy atom. The fraction of sp³-hybridized carbons (Fsp3) is 0.611. The molecular formula is C18H26BClN2O2. The maximum atomic E-state index is 11.6. The van der Waals surface area contributed by atoms with Crippen molar-refractivity contribution >= 4 is 25.4 Å². The number of halogens is 1. The summed E-state index contributed by atoms with van der Waals surface area (Å²) in [6.45, 7) is 3.38. The summed E-state index contributed by atoms with van der Waals surface area (Å²) in [6, 6.07) is 6.48. The smallest absolute Gasteiger partial charge is 0.308 e. The summed E-state index contributed by atoms with van der Waals surface area (Å²) in [6.07, 6.45) is 4.24. The zero-order chi connectivity index (χ0) is 17.1. The number of nitrogens with zero attached hydrogens (tertiary/aromatic N) is 1. The van der Waals surface area contributed by atoms with Crippen LogP contribution in [0.1, 0.15) is 24.0 Å². The fourth-order valence-corrected chi connectivity index (χ4v) is 4.33. The van der Waals surface area contributed by atoms with Gasteiger partial charge in [0.05, 0.1) is 5.92 Å². The van der Waals surface area contributed by atoms with Gasteiger partial charge in [0.15, 0.2) is 0 Å². The van der Waals surface area contributed by atoms with Gasteiger partial charge >= 0.3 is 5.97 Å². The molecule has 3 atom stereocenters. The predicted octanol–water partition coefficient (Wildman–Crippen LogP) is 1.82. The third-order valence-corrected chi connectivity index (χ3v) is 5.69. The van der Waals surface area contributed by atoms with Crippen molar-refractivity contribution < 1.29 is 9.90 Å². The van der Waals surface area contributed by atoms with Crippen molar-refractivity contribution in [2.45, 2.75) is 38.2 Å². The van der Waals surface area contributed by atoms with E-state index in [2.05, 4.69) is 30.2 Å². The van der Waals surface area contributed by atoms with Crippen molar-refractivity contribution in [2.75, 3.05) is 19.6 Å². The lowest BCUT2D eigenvalue weighted by Crippen LogP contribution is -2.44. The monoisotopic (exact) mass is 348 g/mol. The number of aliphatic carboxylic acids is 1. The number of carboxylic acids is 1. The minimum atomic E-state index is -0.632. The number of hydrogen-bond acceptors (Lipinski definition) is 3. The predicted molar refractivity (Wildman–Crippen MR) is 99.4 cm³/mol. The summed E-state index contributed by atoms with van der Waals surface area (Å²) in [5, 5.41) is 13.9. The summed E-state index contributed by atoms with van der Waals surface area (Å²) in [5.41, 5.74) is 2.64. The van der Waals surface area contributed by atoms with E-state index < -0.39 is 5.97 Å². The molecule has 0 saturated carbocycles. The van der Waals surface area contributed by atoms with E-state index in [4.69, 9.17) is 11.6 Å². The highest BCUT2D eigenvalue weighted by Crippen LogP contribution is 2.29. The molecule has 0 aromatic heterocycles. The first-order chi connectivity index (χ1) is 11.6. The van der Waals surface area contributed by atoms with Gasteiger partial charge in [-0.25, -0.2) is 0 Å². The lowest BCUT2D eigenvalue weighted by molar-refractivity contribution is -0.142. The highest BCUT2D eigenvalue weighted by molar-refractivity contribution is 6.30. The minimum absolute atomic E-state index is 0.207. The number of likely N-dealkylation sites (tertiary alicyclic amines) is 1. The summed E-state index contributed by atoms with van der Waals surface area (Å²) in [7, 11) is 2.16. The lowest BCUT2D eigenvalue weighted by Gasteiger charge is -2.30. The number of hydrogen-bond donors (Lipinski definition) is 2. The maximum Gasteiger partial charge on any atom is 0.308 e. The average molecular weight is 349 g/mol. The Bertz CT molecular complexity index is 598. The molecule has 1 aromatic rings. The number of carboxylic acid groups (broad SMARTS) is 1. The van der Waals surface area contributed by atoms with Gasteiger partial charge in [0, 0.05) is 37.2 Å². The quantitative estimate of drug-likeness (QED) is 0.770. The number of nitrogens with one attached hydrogen (secondary N) is 1. The molecule has 0 spiro atoms. The van der Waals surface area contributed by atoms with Gasteiger partial charge in [-0.2, -0.15) is 0 Å². The van der Waals surface area contributed by atoms with Crippen LogP contribution in [0.25, 0.3) is 0 Å². The third kappa shape index (κ3) is 4.13. The van der Waals surface area contributed by atoms with Gasteiger partial charge < -0.3 is 15.3 Å². The van der Waals surface area contributed by atoms with Gasteiger partial charge in [-0.1, -0.05) is 30.4 Å². The Labute approximate surface area is 150 Å². The number of benzene rings is 1. The standard InChI is InChI=1S/C18H26BClN2O2/c19-5-1-2-13-9-22(11-17(13)18(23)24)10-16-7-14-6-15(20)4-3-12(14)8-21-16/h3-4,6,13,16-17,21H,1-2,5,7-11,19H2,(H,23,24)/t13-,16?,17+/m0/s1. The largest absolute Gasteiger partial charge is 0.481 e. The van der Waals surface area contributed by atoms with Crippen LogP contribution in [0.2, 0.25) is 11.3 Å². The zero-order valence-corrected chi connectivity index (χ0v) is 15.1. The molecule has 6 heteroatoms. The summed E-state index contributed by atoms with van der Waals surface area (Å²) in [5.74, 6) is -0.540. The number of rotatable bonds is 6. The van der Waals surface area contributed by atoms with Crippen molar-refractivity contribution in [3.63, 3.8) is 0 Å². The highest BCUT2D eigenvalue weighted by atomic mass is 35.5. The minimum Gasteiger partial charge on any atom is -0.481 e. The summed E-state index contributed by atoms with van der Waals surface area (Å²) >= 11 is 6.12. The van der Waals surface area contributed by atoms with Crippen LogP contribution >= 0.6 is 11.6 Å². The van der Waals surface area contributed by atoms with E-state index in [0.717, 1.165) is 50.2 Å². The van der Waals surface area contributed by atoms with Gasteiger partial charge in [-0.05, 0) is 42.0 Å². The molecule has 2 N–H and O–H groups in total. The second-order valence-corrected chi connectivity index (χ2v) is 7.70. The van der Waals surface area contributed by atoms with E-state index in [9.17, 15) is 9.90 Å². The van der Waals surface area contributed by atoms with E-state index >= 15 is 0 Å². The van der Waals surface area contributed by atoms with Crippen LogP contribution in [0.5, 0.6) is 0 Å². The lowest BCUT2D eigenvalue weighted by atomic mass is 9.88. The Morgan fingerprint density at radius 3 is 2.96 bits per heavy atom. The SMILES string of the molecule is BCCC[C@H]1CN(CC2Cc3cc(Cl)ccc3CN2)C[C@H]1C(=O)O. The Balaban J connectivity index is 1.59. The molecular weight excluding hydrogens is 322 g/mol. The Kier molecular flexibility index (Phi) is 5.85. The number of fused-ring (bicyclic) bond motifs is 1. The van der Waals surface area contributed by atoms with Crippen LogP contribution in [0, 0.1) is 11.8 Å². The highest BCUT2D eigenvalue weighted by Gasteiger charge is 2.37. The average Bonchev–Trinajstić information content (AvgIpc) is 2.95. The number of carbonyl (C=O) groups is 1. The molecule has 3 rings (SSSR count). The first kappa shape index (κ1) is 17.8. The van der Waals surface area contributed by atoms with Gasteiger partial charge in [-0.15, -0.1) is 0 Å². The molecule has 1 fully saturated rings. The van der Waals surface area contributed by atoms with Crippen LogP contribution in [0.3, 0.4) is 0 Å². The topological polar surface area (TPSA) is 52.6 Å². The molecule has 0 radical (unpaired) electrons. The van der Waals surface area contributed by atoms with Crippen molar-refractivity contribution in [1.29, 1.82) is 0 Å². The molecule has 1 unspecified atom stereocenters. The van der Waals surface area contributed by atoms with Crippen molar-refractivity contribution in [2.24, 2.45) is 11.8 Å². The van der Waals surface area contributed by atoms with Gasteiger partial charge in [0.1, 0.15) is 7.85 Å². The molecule has 2 heterocycles. The van der Waals surface area contributed by atoms with E-state index in [1.165, 1.54) is 11.1 Å². The van der Waals surface area contributed by atoms with Gasteiger partial charge in [-0.3, -0.25) is 4.79 Å². The zero-order valence-electron chi connectivity index (χ0n) is 14.3. The molecule has 0 amide bonds. The summed E-state index contributed by atoms with van der Waals surface area (Å²) in [4.78, 5) is 13.9. The third-order valence-electron chi connectivity index (χ3n) is 5.46. The van der Waals surface area contributed by atoms with Crippen LogP contribution in [-0.2, 0) is 17.8 Å². The van der Waals surface area contributed by atoms with Crippen molar-refractivity contribution in [1.82, 2.24) is 10.2 Å². The molecule has 2 aliphatic heterocycles. The van der Waals surface area contributed by atoms with Gasteiger partial charge in [0.25, 0.3) is 0 Å². The second-order valence-electron chi connectivity index (χ2n) is 7.26. The van der Waals surface area contributed by atoms with Crippen LogP contribution in [-0.4, -0.2) is 49.5 Å². The van der Waals surface area contributed by atoms with Crippen LogP contribution in [0.4, 0.5) is 0 Å². The van der Waals surface area contributed by atoms with E-state index in [1.54, 1.807) is 0 Å². The molecule has 1 saturated heterocycles.